The molecule has 0 fully saturated rings. The first-order valence-corrected chi connectivity index (χ1v) is 9.14. The molecular weight excluding hydrogens is 366 g/mol. The maximum atomic E-state index is 12.7. The Morgan fingerprint density at radius 2 is 1.90 bits per heavy atom. The van der Waals surface area contributed by atoms with Gasteiger partial charge in [-0.15, -0.1) is 0 Å². The van der Waals surface area contributed by atoms with Gasteiger partial charge in [-0.3, -0.25) is 9.36 Å². The number of amides is 1. The van der Waals surface area contributed by atoms with Gasteiger partial charge < -0.3 is 14.3 Å². The standard InChI is InChI=1S/C22H19N5O2/c1-16-20(19(12-23)22(29-16)27-9-2-3-10-27)21(28)25-13-17-4-6-18(7-5-17)14-26-11-8-24-15-26/h2-11,15H,13-14H2,1H3,(H,25,28). The van der Waals surface area contributed by atoms with Crippen molar-refractivity contribution in [1.29, 1.82) is 5.26 Å². The van der Waals surface area contributed by atoms with Gasteiger partial charge in [-0.2, -0.15) is 5.26 Å². The second kappa shape index (κ2) is 7.90. The predicted molar refractivity (Wildman–Crippen MR) is 106 cm³/mol. The Balaban J connectivity index is 1.46. The number of carbonyl (C=O) groups excluding carboxylic acids is 1. The van der Waals surface area contributed by atoms with Crippen LogP contribution in [0.5, 0.6) is 0 Å². The number of carbonyl (C=O) groups is 1. The lowest BCUT2D eigenvalue weighted by atomic mass is 10.1. The Kier molecular flexibility index (Phi) is 4.99. The Hall–Kier alpha value is -4.05. The molecule has 1 aromatic carbocycles. The molecule has 4 aromatic rings. The van der Waals surface area contributed by atoms with Gasteiger partial charge >= 0.3 is 0 Å². The molecule has 0 saturated carbocycles. The summed E-state index contributed by atoms with van der Waals surface area (Å²) < 4.78 is 9.36. The molecule has 0 atom stereocenters. The van der Waals surface area contributed by atoms with Crippen molar-refractivity contribution in [2.75, 3.05) is 0 Å². The molecule has 0 aliphatic rings. The first-order valence-electron chi connectivity index (χ1n) is 9.14. The second-order valence-corrected chi connectivity index (χ2v) is 6.65. The maximum absolute atomic E-state index is 12.7. The first kappa shape index (κ1) is 18.3. The molecule has 3 aromatic heterocycles. The summed E-state index contributed by atoms with van der Waals surface area (Å²) in [4.78, 5) is 16.8. The molecule has 7 heteroatoms. The van der Waals surface area contributed by atoms with Crippen molar-refractivity contribution in [2.45, 2.75) is 20.0 Å². The molecule has 0 aliphatic heterocycles. The van der Waals surface area contributed by atoms with Crippen LogP contribution in [0.2, 0.25) is 0 Å². The summed E-state index contributed by atoms with van der Waals surface area (Å²) in [6.45, 7) is 2.79. The smallest absolute Gasteiger partial charge is 0.256 e. The van der Waals surface area contributed by atoms with E-state index >= 15 is 0 Å². The lowest BCUT2D eigenvalue weighted by Crippen LogP contribution is -2.24. The minimum absolute atomic E-state index is 0.229. The van der Waals surface area contributed by atoms with E-state index in [1.54, 1.807) is 36.4 Å². The van der Waals surface area contributed by atoms with Gasteiger partial charge in [-0.05, 0) is 30.2 Å². The Morgan fingerprint density at radius 3 is 2.55 bits per heavy atom. The van der Waals surface area contributed by atoms with Gasteiger partial charge in [0.15, 0.2) is 0 Å². The van der Waals surface area contributed by atoms with Crippen LogP contribution in [0, 0.1) is 18.3 Å². The third kappa shape index (κ3) is 3.82. The van der Waals surface area contributed by atoms with E-state index < -0.39 is 0 Å². The monoisotopic (exact) mass is 385 g/mol. The van der Waals surface area contributed by atoms with Crippen molar-refractivity contribution in [2.24, 2.45) is 0 Å². The van der Waals surface area contributed by atoms with Crippen LogP contribution < -0.4 is 5.32 Å². The summed E-state index contributed by atoms with van der Waals surface area (Å²) in [5, 5.41) is 12.5. The molecule has 1 amide bonds. The number of nitrogens with one attached hydrogen (secondary N) is 1. The van der Waals surface area contributed by atoms with Crippen LogP contribution in [0.25, 0.3) is 5.88 Å². The molecule has 0 radical (unpaired) electrons. The molecule has 0 saturated heterocycles. The maximum Gasteiger partial charge on any atom is 0.256 e. The van der Waals surface area contributed by atoms with E-state index in [4.69, 9.17) is 4.42 Å². The zero-order valence-electron chi connectivity index (χ0n) is 15.9. The van der Waals surface area contributed by atoms with Crippen LogP contribution in [0.1, 0.15) is 32.8 Å². The minimum Gasteiger partial charge on any atom is -0.443 e. The molecule has 0 unspecified atom stereocenters. The number of imidazole rings is 1. The van der Waals surface area contributed by atoms with Crippen molar-refractivity contribution < 1.29 is 9.21 Å². The number of aryl methyl sites for hydroxylation is 1. The van der Waals surface area contributed by atoms with Gasteiger partial charge in [-0.25, -0.2) is 4.98 Å². The summed E-state index contributed by atoms with van der Waals surface area (Å²) in [6.07, 6.45) is 8.98. The molecule has 144 valence electrons. The van der Waals surface area contributed by atoms with Crippen molar-refractivity contribution in [3.63, 3.8) is 0 Å². The van der Waals surface area contributed by atoms with Crippen LogP contribution in [0.4, 0.5) is 0 Å². The van der Waals surface area contributed by atoms with Crippen LogP contribution in [-0.4, -0.2) is 20.0 Å². The molecular formula is C22H19N5O2. The highest BCUT2D eigenvalue weighted by atomic mass is 16.4. The van der Waals surface area contributed by atoms with E-state index in [2.05, 4.69) is 16.4 Å². The highest BCUT2D eigenvalue weighted by Crippen LogP contribution is 2.25. The molecule has 29 heavy (non-hydrogen) atoms. The van der Waals surface area contributed by atoms with E-state index in [0.717, 1.165) is 17.7 Å². The Bertz CT molecular complexity index is 1150. The van der Waals surface area contributed by atoms with Crippen molar-refractivity contribution in [1.82, 2.24) is 19.4 Å². The van der Waals surface area contributed by atoms with Crippen molar-refractivity contribution >= 4 is 5.91 Å². The van der Waals surface area contributed by atoms with Gasteiger partial charge in [0.2, 0.25) is 5.88 Å². The number of hydrogen-bond donors (Lipinski definition) is 1. The zero-order chi connectivity index (χ0) is 20.2. The number of nitriles is 1. The van der Waals surface area contributed by atoms with Gasteiger partial charge in [-0.1, -0.05) is 24.3 Å². The van der Waals surface area contributed by atoms with Crippen molar-refractivity contribution in [3.8, 4) is 12.0 Å². The van der Waals surface area contributed by atoms with Gasteiger partial charge in [0.1, 0.15) is 23.0 Å². The highest BCUT2D eigenvalue weighted by molar-refractivity contribution is 5.98. The number of nitrogens with zero attached hydrogens (tertiary/aromatic N) is 4. The molecule has 7 nitrogen and oxygen atoms in total. The summed E-state index contributed by atoms with van der Waals surface area (Å²) in [7, 11) is 0. The SMILES string of the molecule is Cc1oc(-n2cccc2)c(C#N)c1C(=O)NCc1ccc(Cn2ccnc2)cc1. The highest BCUT2D eigenvalue weighted by Gasteiger charge is 2.24. The summed E-state index contributed by atoms with van der Waals surface area (Å²) >= 11 is 0. The summed E-state index contributed by atoms with van der Waals surface area (Å²) in [6, 6.07) is 13.8. The lowest BCUT2D eigenvalue weighted by molar-refractivity contribution is 0.0949. The second-order valence-electron chi connectivity index (χ2n) is 6.65. The largest absolute Gasteiger partial charge is 0.443 e. The third-order valence-corrected chi connectivity index (χ3v) is 4.64. The fourth-order valence-corrected chi connectivity index (χ4v) is 3.18. The summed E-state index contributed by atoms with van der Waals surface area (Å²) in [5.74, 6) is 0.436. The molecule has 0 spiro atoms. The van der Waals surface area contributed by atoms with E-state index in [0.29, 0.717) is 18.2 Å². The number of furan rings is 1. The first-order chi connectivity index (χ1) is 14.2. The quantitative estimate of drug-likeness (QED) is 0.551. The Morgan fingerprint density at radius 1 is 1.17 bits per heavy atom. The van der Waals surface area contributed by atoms with E-state index in [1.807, 2.05) is 47.2 Å². The van der Waals surface area contributed by atoms with Gasteiger partial charge in [0, 0.05) is 37.9 Å². The average Bonchev–Trinajstić information content (AvgIpc) is 3.48. The van der Waals surface area contributed by atoms with Crippen LogP contribution in [0.15, 0.2) is 71.9 Å². The third-order valence-electron chi connectivity index (χ3n) is 4.64. The van der Waals surface area contributed by atoms with Gasteiger partial charge in [0.25, 0.3) is 5.91 Å². The fourth-order valence-electron chi connectivity index (χ4n) is 3.18. The van der Waals surface area contributed by atoms with Crippen LogP contribution in [-0.2, 0) is 13.1 Å². The van der Waals surface area contributed by atoms with Crippen LogP contribution in [0.3, 0.4) is 0 Å². The topological polar surface area (TPSA) is 88.8 Å². The van der Waals surface area contributed by atoms with Crippen molar-refractivity contribution in [3.05, 3.63) is 95.5 Å². The normalized spacial score (nSPS) is 10.6. The number of rotatable bonds is 6. The van der Waals surface area contributed by atoms with E-state index in [1.165, 1.54) is 0 Å². The lowest BCUT2D eigenvalue weighted by Gasteiger charge is -2.07. The fraction of sp³-hybridized carbons (Fsp3) is 0.136. The van der Waals surface area contributed by atoms with Gasteiger partial charge in [0.05, 0.1) is 6.33 Å². The summed E-state index contributed by atoms with van der Waals surface area (Å²) in [5.41, 5.74) is 2.62. The molecule has 1 N–H and O–H groups in total. The minimum atomic E-state index is -0.330. The van der Waals surface area contributed by atoms with E-state index in [-0.39, 0.29) is 17.0 Å². The number of benzene rings is 1. The van der Waals surface area contributed by atoms with E-state index in [9.17, 15) is 10.1 Å². The average molecular weight is 385 g/mol. The number of hydrogen-bond acceptors (Lipinski definition) is 4. The molecule has 4 rings (SSSR count). The number of aromatic nitrogens is 3. The molecule has 3 heterocycles. The Labute approximate surface area is 167 Å². The predicted octanol–water partition coefficient (Wildman–Crippen LogP) is 3.43. The molecule has 0 aliphatic carbocycles. The molecule has 0 bridgehead atoms. The zero-order valence-corrected chi connectivity index (χ0v) is 15.9. The van der Waals surface area contributed by atoms with Crippen LogP contribution >= 0.6 is 0 Å².